The number of rotatable bonds is 5. The number of hydrogen-bond acceptors (Lipinski definition) is 3. The highest BCUT2D eigenvalue weighted by Crippen LogP contribution is 2.23. The SMILES string of the molecule is NC(=O)CC1CCCN(CC(O)c2ccccc2F)C1. The Morgan fingerprint density at radius 1 is 1.50 bits per heavy atom. The van der Waals surface area contributed by atoms with Crippen LogP contribution >= 0.6 is 0 Å². The lowest BCUT2D eigenvalue weighted by Crippen LogP contribution is -2.39. The molecule has 2 atom stereocenters. The Morgan fingerprint density at radius 3 is 2.95 bits per heavy atom. The molecule has 5 heteroatoms. The summed E-state index contributed by atoms with van der Waals surface area (Å²) in [5.41, 5.74) is 5.55. The lowest BCUT2D eigenvalue weighted by molar-refractivity contribution is -0.119. The van der Waals surface area contributed by atoms with Crippen LogP contribution in [0.4, 0.5) is 4.39 Å². The molecule has 110 valence electrons. The maximum Gasteiger partial charge on any atom is 0.217 e. The molecule has 1 aliphatic heterocycles. The van der Waals surface area contributed by atoms with Crippen LogP contribution in [-0.2, 0) is 4.79 Å². The molecule has 1 aromatic rings. The Kier molecular flexibility index (Phi) is 5.09. The van der Waals surface area contributed by atoms with Crippen LogP contribution in [-0.4, -0.2) is 35.5 Å². The van der Waals surface area contributed by atoms with E-state index in [0.29, 0.717) is 18.5 Å². The van der Waals surface area contributed by atoms with Crippen molar-refractivity contribution in [3.05, 3.63) is 35.6 Å². The standard InChI is InChI=1S/C15H21FN2O2/c16-13-6-2-1-5-12(13)14(19)10-18-7-3-4-11(9-18)8-15(17)20/h1-2,5-6,11,14,19H,3-4,7-10H2,(H2,17,20). The minimum atomic E-state index is -0.844. The zero-order valence-electron chi connectivity index (χ0n) is 11.5. The third-order valence-electron chi connectivity index (χ3n) is 3.79. The van der Waals surface area contributed by atoms with E-state index >= 15 is 0 Å². The molecule has 2 rings (SSSR count). The quantitative estimate of drug-likeness (QED) is 0.858. The van der Waals surface area contributed by atoms with E-state index in [1.165, 1.54) is 6.07 Å². The maximum absolute atomic E-state index is 13.6. The summed E-state index contributed by atoms with van der Waals surface area (Å²) in [5.74, 6) is -0.425. The van der Waals surface area contributed by atoms with Gasteiger partial charge in [-0.3, -0.25) is 4.79 Å². The van der Waals surface area contributed by atoms with E-state index in [4.69, 9.17) is 5.73 Å². The smallest absolute Gasteiger partial charge is 0.217 e. The zero-order valence-corrected chi connectivity index (χ0v) is 11.5. The number of primary amides is 1. The third kappa shape index (κ3) is 4.02. The van der Waals surface area contributed by atoms with Gasteiger partial charge in [-0.05, 0) is 31.4 Å². The Labute approximate surface area is 118 Å². The number of likely N-dealkylation sites (tertiary alicyclic amines) is 1. The average Bonchev–Trinajstić information content (AvgIpc) is 2.38. The van der Waals surface area contributed by atoms with Crippen LogP contribution in [0.25, 0.3) is 0 Å². The number of benzene rings is 1. The molecule has 1 aliphatic rings. The maximum atomic E-state index is 13.6. The van der Waals surface area contributed by atoms with Crippen molar-refractivity contribution in [2.75, 3.05) is 19.6 Å². The molecule has 1 fully saturated rings. The molecule has 1 aromatic carbocycles. The van der Waals surface area contributed by atoms with Crippen LogP contribution in [0.2, 0.25) is 0 Å². The minimum absolute atomic E-state index is 0.245. The summed E-state index contributed by atoms with van der Waals surface area (Å²) in [6.45, 7) is 1.98. The Balaban J connectivity index is 1.92. The number of carbonyl (C=O) groups is 1. The predicted octanol–water partition coefficient (Wildman–Crippen LogP) is 1.45. The Bertz CT molecular complexity index is 467. The van der Waals surface area contributed by atoms with Crippen molar-refractivity contribution in [3.8, 4) is 0 Å². The molecule has 1 heterocycles. The number of carbonyl (C=O) groups excluding carboxylic acids is 1. The highest BCUT2D eigenvalue weighted by molar-refractivity contribution is 5.74. The van der Waals surface area contributed by atoms with Crippen molar-refractivity contribution in [2.24, 2.45) is 11.7 Å². The van der Waals surface area contributed by atoms with E-state index in [-0.39, 0.29) is 17.6 Å². The van der Waals surface area contributed by atoms with Crippen molar-refractivity contribution in [1.29, 1.82) is 0 Å². The van der Waals surface area contributed by atoms with Gasteiger partial charge >= 0.3 is 0 Å². The van der Waals surface area contributed by atoms with Crippen LogP contribution < -0.4 is 5.73 Å². The first-order valence-corrected chi connectivity index (χ1v) is 6.99. The van der Waals surface area contributed by atoms with E-state index < -0.39 is 6.10 Å². The molecule has 2 unspecified atom stereocenters. The van der Waals surface area contributed by atoms with Crippen molar-refractivity contribution >= 4 is 5.91 Å². The van der Waals surface area contributed by atoms with E-state index in [0.717, 1.165) is 25.9 Å². The van der Waals surface area contributed by atoms with Gasteiger partial charge in [-0.2, -0.15) is 0 Å². The molecular weight excluding hydrogens is 259 g/mol. The largest absolute Gasteiger partial charge is 0.387 e. The van der Waals surface area contributed by atoms with Crippen LogP contribution in [0, 0.1) is 11.7 Å². The second-order valence-corrected chi connectivity index (χ2v) is 5.48. The molecule has 0 bridgehead atoms. The van der Waals surface area contributed by atoms with E-state index in [2.05, 4.69) is 4.90 Å². The van der Waals surface area contributed by atoms with Gasteiger partial charge < -0.3 is 15.7 Å². The van der Waals surface area contributed by atoms with Crippen molar-refractivity contribution < 1.29 is 14.3 Å². The van der Waals surface area contributed by atoms with Gasteiger partial charge in [0.1, 0.15) is 5.82 Å². The summed E-state index contributed by atoms with van der Waals surface area (Å²) in [6, 6.07) is 6.28. The highest BCUT2D eigenvalue weighted by Gasteiger charge is 2.24. The van der Waals surface area contributed by atoms with Gasteiger partial charge in [0.05, 0.1) is 6.10 Å². The Hall–Kier alpha value is -1.46. The first-order valence-electron chi connectivity index (χ1n) is 6.99. The van der Waals surface area contributed by atoms with E-state index in [9.17, 15) is 14.3 Å². The van der Waals surface area contributed by atoms with Crippen LogP contribution in [0.15, 0.2) is 24.3 Å². The second-order valence-electron chi connectivity index (χ2n) is 5.48. The molecule has 1 amide bonds. The van der Waals surface area contributed by atoms with E-state index in [1.54, 1.807) is 18.2 Å². The number of halogens is 1. The minimum Gasteiger partial charge on any atom is -0.387 e. The lowest BCUT2D eigenvalue weighted by Gasteiger charge is -2.33. The summed E-state index contributed by atoms with van der Waals surface area (Å²) in [7, 11) is 0. The van der Waals surface area contributed by atoms with E-state index in [1.807, 2.05) is 0 Å². The molecule has 0 aliphatic carbocycles. The van der Waals surface area contributed by atoms with Gasteiger partial charge in [0.15, 0.2) is 0 Å². The summed E-state index contributed by atoms with van der Waals surface area (Å²) in [6.07, 6.45) is 1.49. The van der Waals surface area contributed by atoms with Crippen LogP contribution in [0.5, 0.6) is 0 Å². The van der Waals surface area contributed by atoms with Gasteiger partial charge in [-0.1, -0.05) is 18.2 Å². The van der Waals surface area contributed by atoms with Gasteiger partial charge in [-0.15, -0.1) is 0 Å². The average molecular weight is 280 g/mol. The van der Waals surface area contributed by atoms with Gasteiger partial charge in [0, 0.05) is 25.1 Å². The molecule has 20 heavy (non-hydrogen) atoms. The normalized spacial score (nSPS) is 21.6. The van der Waals surface area contributed by atoms with Gasteiger partial charge in [0.2, 0.25) is 5.91 Å². The first kappa shape index (κ1) is 14.9. The fourth-order valence-corrected chi connectivity index (χ4v) is 2.86. The van der Waals surface area contributed by atoms with Crippen LogP contribution in [0.3, 0.4) is 0 Å². The van der Waals surface area contributed by atoms with Gasteiger partial charge in [0.25, 0.3) is 0 Å². The number of aliphatic hydroxyl groups is 1. The number of nitrogens with two attached hydrogens (primary N) is 1. The number of amides is 1. The first-order chi connectivity index (χ1) is 9.56. The van der Waals surface area contributed by atoms with Crippen LogP contribution in [0.1, 0.15) is 30.9 Å². The fraction of sp³-hybridized carbons (Fsp3) is 0.533. The summed E-state index contributed by atoms with van der Waals surface area (Å²) < 4.78 is 13.6. The summed E-state index contributed by atoms with van der Waals surface area (Å²) in [4.78, 5) is 13.0. The topological polar surface area (TPSA) is 66.6 Å². The Morgan fingerprint density at radius 2 is 2.25 bits per heavy atom. The van der Waals surface area contributed by atoms with Crippen molar-refractivity contribution in [1.82, 2.24) is 4.90 Å². The summed E-state index contributed by atoms with van der Waals surface area (Å²) in [5, 5.41) is 10.1. The number of piperidine rings is 1. The molecule has 0 saturated carbocycles. The number of nitrogens with zero attached hydrogens (tertiary/aromatic N) is 1. The molecule has 1 saturated heterocycles. The number of aliphatic hydroxyl groups excluding tert-OH is 1. The number of β-amino-alcohol motifs (C(OH)–C–C–N with tert-alkyl or cyclic N) is 1. The fourth-order valence-electron chi connectivity index (χ4n) is 2.86. The molecule has 3 N–H and O–H groups in total. The molecule has 0 spiro atoms. The monoisotopic (exact) mass is 280 g/mol. The summed E-state index contributed by atoms with van der Waals surface area (Å²) >= 11 is 0. The van der Waals surface area contributed by atoms with Gasteiger partial charge in [-0.25, -0.2) is 4.39 Å². The second kappa shape index (κ2) is 6.81. The third-order valence-corrected chi connectivity index (χ3v) is 3.79. The molecule has 4 nitrogen and oxygen atoms in total. The zero-order chi connectivity index (χ0) is 14.5. The lowest BCUT2D eigenvalue weighted by atomic mass is 9.94. The predicted molar refractivity (Wildman–Crippen MR) is 74.3 cm³/mol. The molecule has 0 aromatic heterocycles. The van der Waals surface area contributed by atoms with Crippen molar-refractivity contribution in [2.45, 2.75) is 25.4 Å². The van der Waals surface area contributed by atoms with Crippen molar-refractivity contribution in [3.63, 3.8) is 0 Å². The number of hydrogen-bond donors (Lipinski definition) is 2. The molecular formula is C15H21FN2O2. The molecule has 0 radical (unpaired) electrons. The highest BCUT2D eigenvalue weighted by atomic mass is 19.1.